The van der Waals surface area contributed by atoms with Crippen molar-refractivity contribution in [2.45, 2.75) is 25.9 Å². The first-order chi connectivity index (χ1) is 8.60. The van der Waals surface area contributed by atoms with E-state index < -0.39 is 5.54 Å². The van der Waals surface area contributed by atoms with Gasteiger partial charge in [-0.2, -0.15) is 0 Å². The van der Waals surface area contributed by atoms with Gasteiger partial charge in [-0.3, -0.25) is 9.69 Å². The molecule has 0 saturated carbocycles. The molecule has 0 aromatic carbocycles. The van der Waals surface area contributed by atoms with Crippen molar-refractivity contribution in [1.82, 2.24) is 15.5 Å². The van der Waals surface area contributed by atoms with Gasteiger partial charge in [-0.15, -0.1) is 11.3 Å². The van der Waals surface area contributed by atoms with Crippen LogP contribution in [0.1, 0.15) is 18.7 Å². The molecule has 0 aliphatic carbocycles. The summed E-state index contributed by atoms with van der Waals surface area (Å²) in [5.41, 5.74) is -0.431. The Balaban J connectivity index is 1.89. The van der Waals surface area contributed by atoms with Gasteiger partial charge in [0, 0.05) is 31.1 Å². The van der Waals surface area contributed by atoms with Gasteiger partial charge in [0.05, 0.1) is 12.1 Å². The number of rotatable bonds is 4. The summed E-state index contributed by atoms with van der Waals surface area (Å²) >= 11 is 1.67. The second kappa shape index (κ2) is 5.82. The molecule has 0 spiro atoms. The highest BCUT2D eigenvalue weighted by molar-refractivity contribution is 7.09. The molecule has 18 heavy (non-hydrogen) atoms. The number of carbonyl (C=O) groups excluding carboxylic acids is 1. The summed E-state index contributed by atoms with van der Waals surface area (Å²) in [6.07, 6.45) is 0. The smallest absolute Gasteiger partial charge is 0.240 e. The van der Waals surface area contributed by atoms with Crippen molar-refractivity contribution in [1.29, 1.82) is 0 Å². The minimum atomic E-state index is -0.431. The van der Waals surface area contributed by atoms with Crippen molar-refractivity contribution in [3.63, 3.8) is 0 Å². The predicted octanol–water partition coefficient (Wildman–Crippen LogP) is 1.05. The second-order valence-electron chi connectivity index (χ2n) is 5.06. The Morgan fingerprint density at radius 3 is 2.83 bits per heavy atom. The molecule has 5 heteroatoms. The highest BCUT2D eigenvalue weighted by Crippen LogP contribution is 2.16. The molecule has 100 valence electrons. The minimum Gasteiger partial charge on any atom is -0.350 e. The van der Waals surface area contributed by atoms with Crippen LogP contribution in [-0.4, -0.2) is 42.5 Å². The Bertz CT molecular complexity index is 383. The maximum Gasteiger partial charge on any atom is 0.240 e. The Kier molecular flexibility index (Phi) is 4.37. The van der Waals surface area contributed by atoms with Crippen LogP contribution in [0, 0.1) is 0 Å². The van der Waals surface area contributed by atoms with Crippen LogP contribution < -0.4 is 10.6 Å². The molecule has 1 amide bonds. The Hall–Kier alpha value is -0.910. The van der Waals surface area contributed by atoms with E-state index in [1.54, 1.807) is 11.3 Å². The van der Waals surface area contributed by atoms with E-state index in [0.717, 1.165) is 26.2 Å². The fourth-order valence-electron chi connectivity index (χ4n) is 2.16. The van der Waals surface area contributed by atoms with E-state index in [1.807, 2.05) is 31.4 Å². The molecule has 4 nitrogen and oxygen atoms in total. The largest absolute Gasteiger partial charge is 0.350 e. The number of amides is 1. The molecule has 1 aromatic rings. The number of piperazine rings is 1. The lowest BCUT2D eigenvalue weighted by Gasteiger charge is -2.39. The first-order valence-electron chi connectivity index (χ1n) is 6.37. The maximum atomic E-state index is 12.3. The zero-order chi connectivity index (χ0) is 13.0. The van der Waals surface area contributed by atoms with E-state index in [2.05, 4.69) is 15.5 Å². The molecule has 1 aromatic heterocycles. The number of nitrogens with zero attached hydrogens (tertiary/aromatic N) is 1. The zero-order valence-electron chi connectivity index (χ0n) is 11.0. The molecule has 0 radical (unpaired) electrons. The molecule has 0 bridgehead atoms. The van der Waals surface area contributed by atoms with Crippen LogP contribution in [0.25, 0.3) is 0 Å². The lowest BCUT2D eigenvalue weighted by molar-refractivity contribution is -0.132. The van der Waals surface area contributed by atoms with E-state index in [-0.39, 0.29) is 5.91 Å². The van der Waals surface area contributed by atoms with Crippen LogP contribution in [0.4, 0.5) is 0 Å². The molecule has 2 N–H and O–H groups in total. The lowest BCUT2D eigenvalue weighted by atomic mass is 10.0. The van der Waals surface area contributed by atoms with Gasteiger partial charge in [-0.05, 0) is 25.3 Å². The molecule has 2 heterocycles. The first-order valence-corrected chi connectivity index (χ1v) is 7.25. The van der Waals surface area contributed by atoms with Crippen molar-refractivity contribution >= 4 is 17.2 Å². The molecule has 2 rings (SSSR count). The van der Waals surface area contributed by atoms with Gasteiger partial charge < -0.3 is 10.6 Å². The van der Waals surface area contributed by atoms with Gasteiger partial charge >= 0.3 is 0 Å². The van der Waals surface area contributed by atoms with Gasteiger partial charge in [0.15, 0.2) is 0 Å². The molecular weight excluding hydrogens is 246 g/mol. The van der Waals surface area contributed by atoms with Crippen LogP contribution in [0.15, 0.2) is 17.5 Å². The highest BCUT2D eigenvalue weighted by Gasteiger charge is 2.34. The fourth-order valence-corrected chi connectivity index (χ4v) is 2.81. The third-order valence-electron chi connectivity index (χ3n) is 3.47. The van der Waals surface area contributed by atoms with Crippen molar-refractivity contribution in [3.05, 3.63) is 22.4 Å². The average molecular weight is 267 g/mol. The lowest BCUT2D eigenvalue weighted by Crippen LogP contribution is -2.59. The SMILES string of the molecule is CC(C)(C(=O)NCc1cccs1)N1CCNCC1. The van der Waals surface area contributed by atoms with Crippen LogP contribution in [0.2, 0.25) is 0 Å². The minimum absolute atomic E-state index is 0.109. The van der Waals surface area contributed by atoms with Crippen molar-refractivity contribution in [2.24, 2.45) is 0 Å². The monoisotopic (exact) mass is 267 g/mol. The van der Waals surface area contributed by atoms with Crippen molar-refractivity contribution < 1.29 is 4.79 Å². The zero-order valence-corrected chi connectivity index (χ0v) is 11.8. The highest BCUT2D eigenvalue weighted by atomic mass is 32.1. The van der Waals surface area contributed by atoms with E-state index in [4.69, 9.17) is 0 Å². The normalized spacial score (nSPS) is 17.7. The number of hydrogen-bond donors (Lipinski definition) is 2. The van der Waals surface area contributed by atoms with Gasteiger partial charge in [0.25, 0.3) is 0 Å². The summed E-state index contributed by atoms with van der Waals surface area (Å²) in [6, 6.07) is 4.05. The molecule has 1 saturated heterocycles. The Morgan fingerprint density at radius 2 is 2.22 bits per heavy atom. The van der Waals surface area contributed by atoms with E-state index in [1.165, 1.54) is 4.88 Å². The van der Waals surface area contributed by atoms with Gasteiger partial charge in [-0.1, -0.05) is 6.07 Å². The van der Waals surface area contributed by atoms with Gasteiger partial charge in [0.2, 0.25) is 5.91 Å². The van der Waals surface area contributed by atoms with Crippen LogP contribution in [0.5, 0.6) is 0 Å². The maximum absolute atomic E-state index is 12.3. The van der Waals surface area contributed by atoms with Crippen molar-refractivity contribution in [3.8, 4) is 0 Å². The van der Waals surface area contributed by atoms with E-state index in [9.17, 15) is 4.79 Å². The van der Waals surface area contributed by atoms with Gasteiger partial charge in [-0.25, -0.2) is 0 Å². The molecule has 1 aliphatic rings. The summed E-state index contributed by atoms with van der Waals surface area (Å²) in [6.45, 7) is 8.41. The Morgan fingerprint density at radius 1 is 1.50 bits per heavy atom. The van der Waals surface area contributed by atoms with Gasteiger partial charge in [0.1, 0.15) is 0 Å². The molecule has 0 atom stereocenters. The van der Waals surface area contributed by atoms with Crippen molar-refractivity contribution in [2.75, 3.05) is 26.2 Å². The summed E-state index contributed by atoms with van der Waals surface area (Å²) in [5.74, 6) is 0.109. The molecule has 1 fully saturated rings. The van der Waals surface area contributed by atoms with Crippen LogP contribution in [-0.2, 0) is 11.3 Å². The summed E-state index contributed by atoms with van der Waals surface area (Å²) in [5, 5.41) is 8.37. The van der Waals surface area contributed by atoms with Crippen LogP contribution in [0.3, 0.4) is 0 Å². The first kappa shape index (κ1) is 13.5. The number of carbonyl (C=O) groups is 1. The third kappa shape index (κ3) is 3.10. The second-order valence-corrected chi connectivity index (χ2v) is 6.09. The molecule has 1 aliphatic heterocycles. The summed E-state index contributed by atoms with van der Waals surface area (Å²) < 4.78 is 0. The summed E-state index contributed by atoms with van der Waals surface area (Å²) in [7, 11) is 0. The summed E-state index contributed by atoms with van der Waals surface area (Å²) in [4.78, 5) is 15.7. The third-order valence-corrected chi connectivity index (χ3v) is 4.34. The number of thiophene rings is 1. The molecule has 0 unspecified atom stereocenters. The van der Waals surface area contributed by atoms with E-state index in [0.29, 0.717) is 6.54 Å². The quantitative estimate of drug-likeness (QED) is 0.857. The standard InChI is InChI=1S/C13H21N3OS/c1-13(2,16-7-5-14-6-8-16)12(17)15-10-11-4-3-9-18-11/h3-4,9,14H,5-8,10H2,1-2H3,(H,15,17). The topological polar surface area (TPSA) is 44.4 Å². The Labute approximate surface area is 112 Å². The number of nitrogens with one attached hydrogen (secondary N) is 2. The van der Waals surface area contributed by atoms with E-state index >= 15 is 0 Å². The molecular formula is C13H21N3OS. The predicted molar refractivity (Wildman–Crippen MR) is 74.7 cm³/mol. The number of hydrogen-bond acceptors (Lipinski definition) is 4. The van der Waals surface area contributed by atoms with Crippen LogP contribution >= 0.6 is 11.3 Å². The average Bonchev–Trinajstić information content (AvgIpc) is 2.90. The fraction of sp³-hybridized carbons (Fsp3) is 0.615.